The first-order valence-corrected chi connectivity index (χ1v) is 29.6. The highest BCUT2D eigenvalue weighted by molar-refractivity contribution is 7.26. The van der Waals surface area contributed by atoms with Gasteiger partial charge in [-0.25, -0.2) is 0 Å². The fourth-order valence-electron chi connectivity index (χ4n) is 16.9. The van der Waals surface area contributed by atoms with Crippen LogP contribution in [0.3, 0.4) is 0 Å². The largest absolute Gasteiger partial charge is 0.456 e. The van der Waals surface area contributed by atoms with Crippen molar-refractivity contribution in [1.82, 2.24) is 0 Å². The first-order valence-electron chi connectivity index (χ1n) is 27.9. The molecule has 0 amide bonds. The van der Waals surface area contributed by atoms with Crippen LogP contribution in [0.25, 0.3) is 62.3 Å². The lowest BCUT2D eigenvalue weighted by molar-refractivity contribution is 0.0780. The summed E-state index contributed by atoms with van der Waals surface area (Å²) in [5, 5.41) is 7.50. The van der Waals surface area contributed by atoms with Crippen molar-refractivity contribution in [1.29, 1.82) is 0 Å². The van der Waals surface area contributed by atoms with E-state index in [-0.39, 0.29) is 5.41 Å². The molecule has 366 valence electrons. The predicted molar refractivity (Wildman–Crippen MR) is 315 cm³/mol. The van der Waals surface area contributed by atoms with Gasteiger partial charge in [-0.15, -0.1) is 22.7 Å². The van der Waals surface area contributed by atoms with Gasteiger partial charge in [0.2, 0.25) is 0 Å². The molecule has 5 heteroatoms. The molecule has 11 aromatic rings. The predicted octanol–water partition coefficient (Wildman–Crippen LogP) is 20.9. The second kappa shape index (κ2) is 16.8. The summed E-state index contributed by atoms with van der Waals surface area (Å²) in [6.07, 6.45) is 13.9. The smallest absolute Gasteiger partial charge is 0.135 e. The molecule has 5 fully saturated rings. The van der Waals surface area contributed by atoms with E-state index in [4.69, 9.17) is 4.42 Å². The van der Waals surface area contributed by atoms with E-state index in [2.05, 4.69) is 194 Å². The summed E-state index contributed by atoms with van der Waals surface area (Å²) >= 11 is 3.81. The Morgan fingerprint density at radius 2 is 0.946 bits per heavy atom. The maximum absolute atomic E-state index is 6.80. The average molecular weight is 999 g/mol. The lowest BCUT2D eigenvalue weighted by Crippen LogP contribution is -2.42. The highest BCUT2D eigenvalue weighted by atomic mass is 32.1. The van der Waals surface area contributed by atoms with E-state index >= 15 is 0 Å². The van der Waals surface area contributed by atoms with Gasteiger partial charge in [-0.05, 0) is 213 Å². The normalized spacial score (nSPS) is 26.3. The number of furan rings is 1. The van der Waals surface area contributed by atoms with Crippen LogP contribution in [0.4, 0.5) is 34.1 Å². The minimum Gasteiger partial charge on any atom is -0.456 e. The van der Waals surface area contributed by atoms with Gasteiger partial charge in [-0.1, -0.05) is 98.8 Å². The van der Waals surface area contributed by atoms with Crippen molar-refractivity contribution in [2.45, 2.75) is 89.4 Å². The second-order valence-electron chi connectivity index (χ2n) is 24.2. The number of thiophene rings is 2. The Balaban J connectivity index is 0.844. The van der Waals surface area contributed by atoms with Crippen LogP contribution in [0.5, 0.6) is 0 Å². The van der Waals surface area contributed by atoms with Crippen molar-refractivity contribution >= 4 is 119 Å². The van der Waals surface area contributed by atoms with Gasteiger partial charge < -0.3 is 14.2 Å². The summed E-state index contributed by atoms with van der Waals surface area (Å²) in [5.74, 6) is 6.76. The molecule has 74 heavy (non-hydrogen) atoms. The summed E-state index contributed by atoms with van der Waals surface area (Å²) in [4.78, 5) is 5.05. The second-order valence-corrected chi connectivity index (χ2v) is 26.3. The van der Waals surface area contributed by atoms with Crippen molar-refractivity contribution in [2.75, 3.05) is 9.80 Å². The van der Waals surface area contributed by atoms with Gasteiger partial charge in [0, 0.05) is 64.5 Å². The van der Waals surface area contributed by atoms with Gasteiger partial charge >= 0.3 is 0 Å². The molecule has 5 aliphatic rings. The Hall–Kier alpha value is -6.40. The highest BCUT2D eigenvalue weighted by Gasteiger charge is 2.49. The Labute approximate surface area is 442 Å². The van der Waals surface area contributed by atoms with Crippen LogP contribution in [0.15, 0.2) is 174 Å². The number of hydrogen-bond acceptors (Lipinski definition) is 5. The molecule has 16 rings (SSSR count). The van der Waals surface area contributed by atoms with Crippen LogP contribution >= 0.6 is 22.7 Å². The molecule has 5 bridgehead atoms. The zero-order chi connectivity index (χ0) is 48.8. The van der Waals surface area contributed by atoms with E-state index in [1.165, 1.54) is 133 Å². The summed E-state index contributed by atoms with van der Waals surface area (Å²) in [5.41, 5.74) is 12.2. The third-order valence-electron chi connectivity index (χ3n) is 19.4. The topological polar surface area (TPSA) is 19.6 Å². The first-order chi connectivity index (χ1) is 36.4. The van der Waals surface area contributed by atoms with E-state index < -0.39 is 0 Å². The minimum absolute atomic E-state index is 0.272. The average Bonchev–Trinajstić information content (AvgIpc) is 4.18. The third kappa shape index (κ3) is 6.94. The number of fused-ring (bicyclic) bond motifs is 13. The van der Waals surface area contributed by atoms with Crippen molar-refractivity contribution in [3.8, 4) is 0 Å². The monoisotopic (exact) mass is 998 g/mol. The van der Waals surface area contributed by atoms with Crippen LogP contribution in [0, 0.1) is 41.4 Å². The zero-order valence-electron chi connectivity index (χ0n) is 42.5. The van der Waals surface area contributed by atoms with E-state index in [0.29, 0.717) is 5.92 Å². The lowest BCUT2D eigenvalue weighted by atomic mass is 9.54. The fraction of sp³-hybridized carbons (Fsp3) is 0.304. The number of nitrogens with zero attached hydrogens (tertiary/aromatic N) is 2. The summed E-state index contributed by atoms with van der Waals surface area (Å²) < 4.78 is 12.1. The minimum atomic E-state index is 0.272. The fourth-order valence-corrected chi connectivity index (χ4v) is 19.3. The molecular formula is C69H62N2OS2. The summed E-state index contributed by atoms with van der Waals surface area (Å²) in [6, 6.07) is 65.1. The summed E-state index contributed by atoms with van der Waals surface area (Å²) in [7, 11) is 0. The molecule has 5 saturated carbocycles. The van der Waals surface area contributed by atoms with Gasteiger partial charge in [0.1, 0.15) is 11.2 Å². The molecule has 0 N–H and O–H groups in total. The Morgan fingerprint density at radius 1 is 0.432 bits per heavy atom. The van der Waals surface area contributed by atoms with Gasteiger partial charge in [0.05, 0.1) is 20.8 Å². The van der Waals surface area contributed by atoms with Crippen LogP contribution in [0.2, 0.25) is 0 Å². The van der Waals surface area contributed by atoms with E-state index in [0.717, 1.165) is 74.7 Å². The van der Waals surface area contributed by atoms with Crippen molar-refractivity contribution in [3.63, 3.8) is 0 Å². The molecule has 0 spiro atoms. The van der Waals surface area contributed by atoms with Crippen molar-refractivity contribution in [2.24, 2.45) is 41.4 Å². The number of rotatable bonds is 8. The van der Waals surface area contributed by atoms with Crippen LogP contribution < -0.4 is 9.80 Å². The Morgan fingerprint density at radius 3 is 1.53 bits per heavy atom. The van der Waals surface area contributed by atoms with Crippen LogP contribution in [0.1, 0.15) is 95.1 Å². The zero-order valence-corrected chi connectivity index (χ0v) is 44.1. The van der Waals surface area contributed by atoms with E-state index in [1.54, 1.807) is 5.56 Å². The lowest BCUT2D eigenvalue weighted by Gasteiger charge is -2.50. The molecule has 3 aromatic heterocycles. The molecule has 0 saturated heterocycles. The SMILES string of the molecule is CC1CC2CC(C)CC(c3ccc(N(c4ccc5oc6ccc(N(c7ccc(C8CC9CC%10CC(C9)[C@H]8C%10)cc7)c7cccc8c7sc7ccccc78)cc6c5c4)c4cccc5c4sc4ccccc45)cc3)(C1)C2. The van der Waals surface area contributed by atoms with Gasteiger partial charge in [-0.3, -0.25) is 0 Å². The molecule has 0 radical (unpaired) electrons. The molecule has 7 atom stereocenters. The maximum Gasteiger partial charge on any atom is 0.135 e. The van der Waals surface area contributed by atoms with Gasteiger partial charge in [0.25, 0.3) is 0 Å². The number of hydrogen-bond donors (Lipinski definition) is 0. The third-order valence-corrected chi connectivity index (χ3v) is 21.8. The Bertz CT molecular complexity index is 3970. The molecule has 5 aliphatic carbocycles. The first kappa shape index (κ1) is 43.9. The molecule has 0 aliphatic heterocycles. The van der Waals surface area contributed by atoms with Gasteiger partial charge in [0.15, 0.2) is 0 Å². The Kier molecular flexibility index (Phi) is 9.98. The molecular weight excluding hydrogens is 937 g/mol. The molecule has 3 heterocycles. The summed E-state index contributed by atoms with van der Waals surface area (Å²) in [6.45, 7) is 5.00. The number of anilines is 6. The van der Waals surface area contributed by atoms with Gasteiger partial charge in [-0.2, -0.15) is 0 Å². The van der Waals surface area contributed by atoms with Crippen LogP contribution in [-0.2, 0) is 5.41 Å². The van der Waals surface area contributed by atoms with Crippen LogP contribution in [-0.4, -0.2) is 0 Å². The standard InChI is InChI=1S/C69H62N2OS2/c1-41-29-45-30-42(2)39-69(38-41,40-45)48-19-23-50(24-20-48)71(62-14-8-12-56-54-10-4-6-16-66(54)74-68(56)62)52-26-28-64-60(37-52)59-36-51(25-27-63(59)72-64)70(61-13-7-11-55-53-9-3-5-15-65(53)73-67(55)61)49-21-17-46(18-22-49)57-34-43-31-44-33-47(32-43)58(57)35-44/h3-28,36-37,41-45,47,57-58H,29-35,38-40H2,1-2H3/t41?,42?,43?,44?,45?,47?,57?,58-,69?/m1/s1. The highest BCUT2D eigenvalue weighted by Crippen LogP contribution is 2.61. The van der Waals surface area contributed by atoms with E-state index in [9.17, 15) is 0 Å². The van der Waals surface area contributed by atoms with E-state index in [1.807, 2.05) is 22.7 Å². The quantitative estimate of drug-likeness (QED) is 0.151. The van der Waals surface area contributed by atoms with Crippen molar-refractivity contribution in [3.05, 3.63) is 181 Å². The number of benzene rings is 8. The van der Waals surface area contributed by atoms with Crippen molar-refractivity contribution < 1.29 is 4.42 Å². The molecule has 6 unspecified atom stereocenters. The maximum atomic E-state index is 6.80. The molecule has 8 aromatic carbocycles. The molecule has 3 nitrogen and oxygen atoms in total.